The van der Waals surface area contributed by atoms with E-state index in [0.717, 1.165) is 5.39 Å². The molecule has 1 aliphatic heterocycles. The number of amides is 1. The molecule has 2 heterocycles. The second kappa shape index (κ2) is 9.20. The van der Waals surface area contributed by atoms with E-state index < -0.39 is 27.8 Å². The maximum Gasteiger partial charge on any atom is 0.245 e. The number of pyridine rings is 1. The van der Waals surface area contributed by atoms with Crippen LogP contribution in [0.2, 0.25) is 10.0 Å². The molecule has 0 radical (unpaired) electrons. The van der Waals surface area contributed by atoms with Gasteiger partial charge in [-0.05, 0) is 65.7 Å². The molecule has 5 rings (SSSR count). The highest BCUT2D eigenvalue weighted by Gasteiger charge is 2.36. The van der Waals surface area contributed by atoms with Crippen molar-refractivity contribution in [3.63, 3.8) is 0 Å². The first-order valence-electron chi connectivity index (χ1n) is 10.7. The van der Waals surface area contributed by atoms with Gasteiger partial charge in [-0.15, -0.1) is 0 Å². The minimum atomic E-state index is -3.99. The Morgan fingerprint density at radius 3 is 2.54 bits per heavy atom. The summed E-state index contributed by atoms with van der Waals surface area (Å²) in [7, 11) is -3.99. The van der Waals surface area contributed by atoms with Gasteiger partial charge in [-0.3, -0.25) is 9.78 Å². The van der Waals surface area contributed by atoms with Crippen molar-refractivity contribution >= 4 is 55.6 Å². The number of fused-ring (bicyclic) bond motifs is 1. The summed E-state index contributed by atoms with van der Waals surface area (Å²) in [4.78, 5) is 18.5. The average molecular weight is 530 g/mol. The molecule has 178 valence electrons. The summed E-state index contributed by atoms with van der Waals surface area (Å²) in [6.45, 7) is 0.169. The zero-order chi connectivity index (χ0) is 24.7. The van der Waals surface area contributed by atoms with Crippen molar-refractivity contribution in [3.05, 3.63) is 88.8 Å². The molecule has 4 aromatic rings. The van der Waals surface area contributed by atoms with E-state index in [2.05, 4.69) is 9.71 Å². The van der Waals surface area contributed by atoms with Gasteiger partial charge in [-0.25, -0.2) is 12.8 Å². The van der Waals surface area contributed by atoms with Gasteiger partial charge in [-0.1, -0.05) is 41.4 Å². The van der Waals surface area contributed by atoms with Crippen LogP contribution in [0.5, 0.6) is 0 Å². The third kappa shape index (κ3) is 4.62. The van der Waals surface area contributed by atoms with E-state index in [4.69, 9.17) is 23.2 Å². The lowest BCUT2D eigenvalue weighted by atomic mass is 10.1. The van der Waals surface area contributed by atoms with Crippen LogP contribution in [-0.2, 0) is 14.8 Å². The van der Waals surface area contributed by atoms with Gasteiger partial charge in [0.2, 0.25) is 15.9 Å². The van der Waals surface area contributed by atoms with Gasteiger partial charge in [0, 0.05) is 23.3 Å². The molecule has 6 nitrogen and oxygen atoms in total. The number of rotatable bonds is 5. The Morgan fingerprint density at radius 1 is 1.00 bits per heavy atom. The number of nitrogens with one attached hydrogen (secondary N) is 1. The summed E-state index contributed by atoms with van der Waals surface area (Å²) in [6, 6.07) is 16.4. The minimum Gasteiger partial charge on any atom is -0.308 e. The van der Waals surface area contributed by atoms with Crippen molar-refractivity contribution in [2.75, 3.05) is 11.4 Å². The highest BCUT2D eigenvalue weighted by atomic mass is 35.5. The summed E-state index contributed by atoms with van der Waals surface area (Å²) in [6.07, 6.45) is 1.76. The van der Waals surface area contributed by atoms with E-state index in [1.165, 1.54) is 29.2 Å². The lowest BCUT2D eigenvalue weighted by molar-refractivity contribution is -0.118. The molecule has 35 heavy (non-hydrogen) atoms. The summed E-state index contributed by atoms with van der Waals surface area (Å²) in [5.41, 5.74) is 0.962. The Balaban J connectivity index is 1.36. The number of aromatic nitrogens is 1. The van der Waals surface area contributed by atoms with E-state index in [1.807, 2.05) is 0 Å². The smallest absolute Gasteiger partial charge is 0.245 e. The number of benzene rings is 3. The zero-order valence-corrected chi connectivity index (χ0v) is 20.4. The van der Waals surface area contributed by atoms with Crippen LogP contribution in [-0.4, -0.2) is 31.9 Å². The van der Waals surface area contributed by atoms with Crippen LogP contribution in [0, 0.1) is 5.82 Å². The van der Waals surface area contributed by atoms with E-state index >= 15 is 0 Å². The van der Waals surface area contributed by atoms with Crippen LogP contribution in [0.1, 0.15) is 6.42 Å². The molecule has 0 saturated carbocycles. The molecule has 1 aromatic heterocycles. The van der Waals surface area contributed by atoms with Gasteiger partial charge in [0.1, 0.15) is 11.9 Å². The zero-order valence-electron chi connectivity index (χ0n) is 18.1. The van der Waals surface area contributed by atoms with Crippen LogP contribution in [0.3, 0.4) is 0 Å². The molecule has 0 aliphatic carbocycles. The summed E-state index contributed by atoms with van der Waals surface area (Å²) in [5, 5.41) is 2.42. The van der Waals surface area contributed by atoms with Gasteiger partial charge < -0.3 is 4.90 Å². The van der Waals surface area contributed by atoms with E-state index in [9.17, 15) is 17.6 Å². The summed E-state index contributed by atoms with van der Waals surface area (Å²) >= 11 is 12.1. The van der Waals surface area contributed by atoms with Crippen molar-refractivity contribution in [3.8, 4) is 11.3 Å². The third-order valence-corrected chi connectivity index (χ3v) is 7.87. The van der Waals surface area contributed by atoms with Crippen LogP contribution in [0.15, 0.2) is 77.8 Å². The van der Waals surface area contributed by atoms with Crippen molar-refractivity contribution in [2.45, 2.75) is 17.4 Å². The molecule has 1 fully saturated rings. The lowest BCUT2D eigenvalue weighted by Gasteiger charge is -2.19. The Labute approximate surface area is 211 Å². The number of carbonyl (C=O) groups excluding carboxylic acids is 1. The first kappa shape index (κ1) is 23.7. The average Bonchev–Trinajstić information content (AvgIpc) is 3.18. The molecular weight excluding hydrogens is 512 g/mol. The maximum atomic E-state index is 15.0. The van der Waals surface area contributed by atoms with Crippen LogP contribution in [0.25, 0.3) is 22.0 Å². The standard InChI is InChI=1S/C25H18Cl2FN3O3S/c26-18-6-3-16-13-19(7-4-15(16)12-18)35(33,34)30-22-9-11-31(25(22)32)23-8-5-17(14-21(23)28)24-20(27)2-1-10-29-24/h1-8,10,12-14,22,30H,9,11H2/t22-/m0/s1. The fourth-order valence-electron chi connectivity index (χ4n) is 4.12. The molecule has 1 N–H and O–H groups in total. The molecule has 1 saturated heterocycles. The fourth-order valence-corrected chi connectivity index (χ4v) is 5.79. The fraction of sp³-hybridized carbons (Fsp3) is 0.120. The molecule has 0 spiro atoms. The van der Waals surface area contributed by atoms with Gasteiger partial charge in [0.05, 0.1) is 21.3 Å². The number of halogens is 3. The first-order chi connectivity index (χ1) is 16.7. The number of anilines is 1. The Kier molecular flexibility index (Phi) is 6.23. The van der Waals surface area contributed by atoms with Crippen LogP contribution in [0.4, 0.5) is 10.1 Å². The first-order valence-corrected chi connectivity index (χ1v) is 12.9. The van der Waals surface area contributed by atoms with E-state index in [1.54, 1.807) is 48.7 Å². The van der Waals surface area contributed by atoms with Crippen molar-refractivity contribution in [1.82, 2.24) is 9.71 Å². The van der Waals surface area contributed by atoms with E-state index in [-0.39, 0.29) is 23.5 Å². The summed E-state index contributed by atoms with van der Waals surface area (Å²) < 4.78 is 43.4. The monoisotopic (exact) mass is 529 g/mol. The number of hydrogen-bond donors (Lipinski definition) is 1. The number of hydrogen-bond acceptors (Lipinski definition) is 4. The second-order valence-corrected chi connectivity index (χ2v) is 10.7. The predicted molar refractivity (Wildman–Crippen MR) is 135 cm³/mol. The lowest BCUT2D eigenvalue weighted by Crippen LogP contribution is -2.41. The van der Waals surface area contributed by atoms with Crippen molar-refractivity contribution in [2.24, 2.45) is 0 Å². The molecule has 0 unspecified atom stereocenters. The number of nitrogens with zero attached hydrogens (tertiary/aromatic N) is 2. The highest BCUT2D eigenvalue weighted by molar-refractivity contribution is 7.89. The molecule has 0 bridgehead atoms. The Bertz CT molecular complexity index is 1580. The number of sulfonamides is 1. The molecule has 3 aromatic carbocycles. The third-order valence-electron chi connectivity index (χ3n) is 5.86. The Hall–Kier alpha value is -3.04. The van der Waals surface area contributed by atoms with Crippen LogP contribution >= 0.6 is 23.2 Å². The SMILES string of the molecule is O=C1[C@@H](NS(=O)(=O)c2ccc3cc(Cl)ccc3c2)CCN1c1ccc(-c2ncccc2Cl)cc1F. The molecular formula is C25H18Cl2FN3O3S. The van der Waals surface area contributed by atoms with Crippen molar-refractivity contribution < 1.29 is 17.6 Å². The van der Waals surface area contributed by atoms with Gasteiger partial charge in [-0.2, -0.15) is 4.72 Å². The largest absolute Gasteiger partial charge is 0.308 e. The highest BCUT2D eigenvalue weighted by Crippen LogP contribution is 2.32. The van der Waals surface area contributed by atoms with Crippen LogP contribution < -0.4 is 9.62 Å². The maximum absolute atomic E-state index is 15.0. The minimum absolute atomic E-state index is 0.0290. The van der Waals surface area contributed by atoms with Gasteiger partial charge >= 0.3 is 0 Å². The number of carbonyl (C=O) groups is 1. The Morgan fingerprint density at radius 2 is 1.77 bits per heavy atom. The van der Waals surface area contributed by atoms with E-state index in [0.29, 0.717) is 26.7 Å². The second-order valence-electron chi connectivity index (χ2n) is 8.11. The predicted octanol–water partition coefficient (Wildman–Crippen LogP) is 5.43. The molecule has 1 atom stereocenters. The molecule has 10 heteroatoms. The van der Waals surface area contributed by atoms with Crippen molar-refractivity contribution in [1.29, 1.82) is 0 Å². The molecule has 1 amide bonds. The summed E-state index contributed by atoms with van der Waals surface area (Å²) in [5.74, 6) is -1.15. The molecule has 1 aliphatic rings. The van der Waals surface area contributed by atoms with Gasteiger partial charge in [0.25, 0.3) is 0 Å². The quantitative estimate of drug-likeness (QED) is 0.373. The topological polar surface area (TPSA) is 79.4 Å². The van der Waals surface area contributed by atoms with Gasteiger partial charge in [0.15, 0.2) is 0 Å². The normalized spacial score (nSPS) is 16.3.